The molecule has 1 aliphatic rings. The highest BCUT2D eigenvalue weighted by Gasteiger charge is 2.23. The minimum atomic E-state index is 0.709. The van der Waals surface area contributed by atoms with Gasteiger partial charge in [0.2, 0.25) is 0 Å². The maximum Gasteiger partial charge on any atom is 0.0196 e. The molecule has 12 heavy (non-hydrogen) atoms. The number of piperazine rings is 1. The predicted molar refractivity (Wildman–Crippen MR) is 56.9 cm³/mol. The standard InChI is InChI=1S/C9H20N2S/c1-8-6-10-7-9(2)11(8)4-5-12-3/h8-10H,4-7H2,1-3H3. The van der Waals surface area contributed by atoms with Crippen LogP contribution in [-0.4, -0.2) is 48.6 Å². The maximum atomic E-state index is 3.44. The Labute approximate surface area is 80.1 Å². The molecule has 1 saturated heterocycles. The molecule has 0 aliphatic carbocycles. The minimum Gasteiger partial charge on any atom is -0.314 e. The highest BCUT2D eigenvalue weighted by Crippen LogP contribution is 2.10. The van der Waals surface area contributed by atoms with Crippen molar-refractivity contribution in [3.63, 3.8) is 0 Å². The largest absolute Gasteiger partial charge is 0.314 e. The zero-order valence-electron chi connectivity index (χ0n) is 8.34. The molecule has 72 valence electrons. The third kappa shape index (κ3) is 2.64. The van der Waals surface area contributed by atoms with Gasteiger partial charge in [0.15, 0.2) is 0 Å². The molecule has 0 aromatic carbocycles. The lowest BCUT2D eigenvalue weighted by molar-refractivity contribution is 0.126. The van der Waals surface area contributed by atoms with Gasteiger partial charge in [-0.15, -0.1) is 0 Å². The molecule has 0 saturated carbocycles. The topological polar surface area (TPSA) is 15.3 Å². The van der Waals surface area contributed by atoms with Gasteiger partial charge in [-0.1, -0.05) is 0 Å². The van der Waals surface area contributed by atoms with Gasteiger partial charge in [0.1, 0.15) is 0 Å². The van der Waals surface area contributed by atoms with Crippen LogP contribution in [0.3, 0.4) is 0 Å². The molecule has 2 unspecified atom stereocenters. The number of rotatable bonds is 3. The molecule has 2 atom stereocenters. The lowest BCUT2D eigenvalue weighted by atomic mass is 10.1. The van der Waals surface area contributed by atoms with Gasteiger partial charge in [-0.05, 0) is 20.1 Å². The number of nitrogens with zero attached hydrogens (tertiary/aromatic N) is 1. The summed E-state index contributed by atoms with van der Waals surface area (Å²) in [5.41, 5.74) is 0. The molecule has 1 heterocycles. The van der Waals surface area contributed by atoms with Crippen LogP contribution in [-0.2, 0) is 0 Å². The fourth-order valence-corrected chi connectivity index (χ4v) is 2.20. The van der Waals surface area contributed by atoms with E-state index in [0.717, 1.165) is 13.1 Å². The zero-order chi connectivity index (χ0) is 8.97. The summed E-state index contributed by atoms with van der Waals surface area (Å²) in [4.78, 5) is 2.60. The summed E-state index contributed by atoms with van der Waals surface area (Å²) in [7, 11) is 0. The molecular formula is C9H20N2S. The lowest BCUT2D eigenvalue weighted by Gasteiger charge is -2.39. The number of hydrogen-bond acceptors (Lipinski definition) is 3. The van der Waals surface area contributed by atoms with Crippen molar-refractivity contribution in [2.45, 2.75) is 25.9 Å². The van der Waals surface area contributed by atoms with E-state index in [-0.39, 0.29) is 0 Å². The Bertz CT molecular complexity index is 120. The van der Waals surface area contributed by atoms with Crippen LogP contribution >= 0.6 is 11.8 Å². The Morgan fingerprint density at radius 3 is 2.42 bits per heavy atom. The third-order valence-electron chi connectivity index (χ3n) is 2.57. The highest BCUT2D eigenvalue weighted by atomic mass is 32.2. The van der Waals surface area contributed by atoms with Crippen molar-refractivity contribution in [3.8, 4) is 0 Å². The highest BCUT2D eigenvalue weighted by molar-refractivity contribution is 7.98. The van der Waals surface area contributed by atoms with Gasteiger partial charge >= 0.3 is 0 Å². The van der Waals surface area contributed by atoms with Gasteiger partial charge in [-0.25, -0.2) is 0 Å². The van der Waals surface area contributed by atoms with Crippen LogP contribution in [0.1, 0.15) is 13.8 Å². The van der Waals surface area contributed by atoms with E-state index in [1.165, 1.54) is 12.3 Å². The van der Waals surface area contributed by atoms with Crippen molar-refractivity contribution < 1.29 is 0 Å². The van der Waals surface area contributed by atoms with Crippen LogP contribution in [0.5, 0.6) is 0 Å². The zero-order valence-corrected chi connectivity index (χ0v) is 9.16. The van der Waals surface area contributed by atoms with Crippen LogP contribution in [0.2, 0.25) is 0 Å². The Morgan fingerprint density at radius 1 is 1.33 bits per heavy atom. The van der Waals surface area contributed by atoms with E-state index in [2.05, 4.69) is 30.3 Å². The quantitative estimate of drug-likeness (QED) is 0.712. The Balaban J connectivity index is 2.34. The number of nitrogens with one attached hydrogen (secondary N) is 1. The van der Waals surface area contributed by atoms with E-state index in [0.29, 0.717) is 12.1 Å². The van der Waals surface area contributed by atoms with Gasteiger partial charge in [0.25, 0.3) is 0 Å². The summed E-state index contributed by atoms with van der Waals surface area (Å²) in [5, 5.41) is 3.44. The fraction of sp³-hybridized carbons (Fsp3) is 1.00. The molecule has 0 radical (unpaired) electrons. The summed E-state index contributed by atoms with van der Waals surface area (Å²) in [6.07, 6.45) is 2.18. The van der Waals surface area contributed by atoms with Crippen molar-refractivity contribution in [3.05, 3.63) is 0 Å². The average Bonchev–Trinajstić information content (AvgIpc) is 2.04. The monoisotopic (exact) mass is 188 g/mol. The van der Waals surface area contributed by atoms with Gasteiger partial charge in [-0.2, -0.15) is 11.8 Å². The van der Waals surface area contributed by atoms with Crippen molar-refractivity contribution in [2.24, 2.45) is 0 Å². The molecule has 1 rings (SSSR count). The van der Waals surface area contributed by atoms with Crippen LogP contribution in [0.15, 0.2) is 0 Å². The molecule has 0 bridgehead atoms. The Kier molecular flexibility index (Phi) is 4.40. The molecule has 0 amide bonds. The summed E-state index contributed by atoms with van der Waals surface area (Å²) >= 11 is 1.94. The number of thioether (sulfide) groups is 1. The van der Waals surface area contributed by atoms with Gasteiger partial charge in [0.05, 0.1) is 0 Å². The van der Waals surface area contributed by atoms with E-state index in [4.69, 9.17) is 0 Å². The van der Waals surface area contributed by atoms with Crippen molar-refractivity contribution in [1.82, 2.24) is 10.2 Å². The summed E-state index contributed by atoms with van der Waals surface area (Å²) in [6.45, 7) is 8.16. The van der Waals surface area contributed by atoms with E-state index in [1.807, 2.05) is 11.8 Å². The van der Waals surface area contributed by atoms with E-state index < -0.39 is 0 Å². The lowest BCUT2D eigenvalue weighted by Crippen LogP contribution is -2.55. The van der Waals surface area contributed by atoms with Crippen molar-refractivity contribution in [2.75, 3.05) is 31.6 Å². The summed E-state index contributed by atoms with van der Waals surface area (Å²) in [5.74, 6) is 1.26. The fourth-order valence-electron chi connectivity index (χ4n) is 1.81. The first-order chi connectivity index (χ1) is 5.75. The Hall–Kier alpha value is 0.270. The average molecular weight is 188 g/mol. The second-order valence-electron chi connectivity index (χ2n) is 3.59. The van der Waals surface area contributed by atoms with Crippen LogP contribution in [0.4, 0.5) is 0 Å². The molecular weight excluding hydrogens is 168 g/mol. The molecule has 2 nitrogen and oxygen atoms in total. The van der Waals surface area contributed by atoms with Crippen LogP contribution in [0.25, 0.3) is 0 Å². The van der Waals surface area contributed by atoms with Crippen LogP contribution < -0.4 is 5.32 Å². The van der Waals surface area contributed by atoms with Crippen molar-refractivity contribution >= 4 is 11.8 Å². The van der Waals surface area contributed by atoms with Crippen LogP contribution in [0, 0.1) is 0 Å². The van der Waals surface area contributed by atoms with Gasteiger partial charge in [-0.3, -0.25) is 4.90 Å². The SMILES string of the molecule is CSCCN1C(C)CNCC1C. The summed E-state index contributed by atoms with van der Waals surface area (Å²) in [6, 6.07) is 1.42. The smallest absolute Gasteiger partial charge is 0.0196 e. The first-order valence-electron chi connectivity index (χ1n) is 4.71. The second kappa shape index (κ2) is 5.10. The minimum absolute atomic E-state index is 0.709. The van der Waals surface area contributed by atoms with Gasteiger partial charge < -0.3 is 5.32 Å². The molecule has 0 spiro atoms. The normalized spacial score (nSPS) is 32.2. The number of hydrogen-bond donors (Lipinski definition) is 1. The second-order valence-corrected chi connectivity index (χ2v) is 4.57. The molecule has 1 aliphatic heterocycles. The van der Waals surface area contributed by atoms with Gasteiger partial charge in [0, 0.05) is 37.5 Å². The Morgan fingerprint density at radius 2 is 1.92 bits per heavy atom. The molecule has 3 heteroatoms. The van der Waals surface area contributed by atoms with E-state index >= 15 is 0 Å². The van der Waals surface area contributed by atoms with E-state index in [1.54, 1.807) is 0 Å². The first kappa shape index (κ1) is 10.4. The molecule has 1 N–H and O–H groups in total. The first-order valence-corrected chi connectivity index (χ1v) is 6.10. The third-order valence-corrected chi connectivity index (χ3v) is 3.16. The predicted octanol–water partition coefficient (Wildman–Crippen LogP) is 1.03. The maximum absolute atomic E-state index is 3.44. The molecule has 0 aromatic rings. The molecule has 1 fully saturated rings. The van der Waals surface area contributed by atoms with Crippen molar-refractivity contribution in [1.29, 1.82) is 0 Å². The molecule has 0 aromatic heterocycles. The van der Waals surface area contributed by atoms with E-state index in [9.17, 15) is 0 Å². The summed E-state index contributed by atoms with van der Waals surface area (Å²) < 4.78 is 0.